The number of carbonyl (C=O) groups is 2. The molecule has 1 aromatic heterocycles. The molecule has 1 heterocycles. The van der Waals surface area contributed by atoms with Crippen molar-refractivity contribution in [2.45, 2.75) is 39.0 Å². The molecule has 0 unspecified atom stereocenters. The Hall–Kier alpha value is -2.86. The molecule has 30 heavy (non-hydrogen) atoms. The summed E-state index contributed by atoms with van der Waals surface area (Å²) in [5.41, 5.74) is 7.09. The molecule has 0 atom stereocenters. The molecule has 5 nitrogen and oxygen atoms in total. The Balaban J connectivity index is 1.92. The van der Waals surface area contributed by atoms with E-state index in [2.05, 4.69) is 42.1 Å². The Labute approximate surface area is 184 Å². The van der Waals surface area contributed by atoms with E-state index in [1.165, 1.54) is 0 Å². The lowest BCUT2D eigenvalue weighted by Gasteiger charge is -2.19. The molecule has 0 aliphatic carbocycles. The first-order valence-corrected chi connectivity index (χ1v) is 10.5. The van der Waals surface area contributed by atoms with Gasteiger partial charge in [-0.15, -0.1) is 0 Å². The van der Waals surface area contributed by atoms with Gasteiger partial charge in [-0.05, 0) is 47.4 Å². The van der Waals surface area contributed by atoms with E-state index in [1.807, 2.05) is 60.7 Å². The van der Waals surface area contributed by atoms with Crippen LogP contribution in [0.15, 0.2) is 65.1 Å². The van der Waals surface area contributed by atoms with Crippen LogP contribution < -0.4 is 5.43 Å². The Kier molecular flexibility index (Phi) is 6.46. The smallest absolute Gasteiger partial charge is 0.303 e. The molecule has 0 bridgehead atoms. The second-order valence-corrected chi connectivity index (χ2v) is 9.13. The number of benzene rings is 2. The van der Waals surface area contributed by atoms with Gasteiger partial charge < -0.3 is 5.11 Å². The number of nitrogens with one attached hydrogen (secondary N) is 1. The predicted molar refractivity (Wildman–Crippen MR) is 122 cm³/mol. The second kappa shape index (κ2) is 8.88. The zero-order chi connectivity index (χ0) is 21.9. The molecule has 0 aliphatic rings. The average Bonchev–Trinajstić information content (AvgIpc) is 3.09. The fourth-order valence-corrected chi connectivity index (χ4v) is 3.44. The Morgan fingerprint density at radius 3 is 2.17 bits per heavy atom. The van der Waals surface area contributed by atoms with Gasteiger partial charge in [0.2, 0.25) is 0 Å². The van der Waals surface area contributed by atoms with Gasteiger partial charge in [0.1, 0.15) is 0 Å². The van der Waals surface area contributed by atoms with E-state index in [-0.39, 0.29) is 17.7 Å². The van der Waals surface area contributed by atoms with Crippen LogP contribution in [0.4, 0.5) is 0 Å². The van der Waals surface area contributed by atoms with Gasteiger partial charge >= 0.3 is 5.97 Å². The lowest BCUT2D eigenvalue weighted by atomic mass is 9.87. The van der Waals surface area contributed by atoms with Crippen molar-refractivity contribution < 1.29 is 14.7 Å². The molecule has 0 saturated carbocycles. The van der Waals surface area contributed by atoms with Crippen LogP contribution in [0, 0.1) is 0 Å². The minimum Gasteiger partial charge on any atom is -0.481 e. The molecule has 3 aromatic rings. The monoisotopic (exact) mass is 468 g/mol. The van der Waals surface area contributed by atoms with Crippen LogP contribution in [0.25, 0.3) is 11.3 Å². The summed E-state index contributed by atoms with van der Waals surface area (Å²) in [5.74, 6) is -1.13. The van der Waals surface area contributed by atoms with Crippen LogP contribution in [0.2, 0.25) is 0 Å². The first kappa shape index (κ1) is 21.8. The van der Waals surface area contributed by atoms with Crippen LogP contribution in [-0.2, 0) is 16.6 Å². The molecule has 3 rings (SSSR count). The fraction of sp³-hybridized carbons (Fsp3) is 0.250. The lowest BCUT2D eigenvalue weighted by Crippen LogP contribution is -2.25. The third-order valence-corrected chi connectivity index (χ3v) is 5.45. The molecule has 2 aromatic carbocycles. The maximum Gasteiger partial charge on any atom is 0.303 e. The Bertz CT molecular complexity index is 1050. The summed E-state index contributed by atoms with van der Waals surface area (Å²) in [5, 5.41) is 9.07. The van der Waals surface area contributed by atoms with Crippen molar-refractivity contribution in [2.75, 3.05) is 5.43 Å². The highest BCUT2D eigenvalue weighted by Crippen LogP contribution is 2.25. The highest BCUT2D eigenvalue weighted by molar-refractivity contribution is 9.10. The number of carboxylic acid groups (broad SMARTS) is 1. The van der Waals surface area contributed by atoms with Gasteiger partial charge in [-0.1, -0.05) is 61.0 Å². The topological polar surface area (TPSA) is 71.3 Å². The van der Waals surface area contributed by atoms with E-state index < -0.39 is 5.97 Å². The Morgan fingerprint density at radius 1 is 0.967 bits per heavy atom. The number of rotatable bonds is 6. The molecule has 0 radical (unpaired) electrons. The molecule has 0 fully saturated rings. The molecular formula is C24H25BrN2O3. The standard InChI is InChI=1S/C24H25BrN2O3/c1-24(2,3)18-8-4-17(5-9-18)23(30)26-27-20(13-15-22(28)29)12-14-21(27)16-6-10-19(25)11-7-16/h4-12,14H,13,15H2,1-3H3,(H,26,30)(H,28,29). The molecule has 2 N–H and O–H groups in total. The third-order valence-electron chi connectivity index (χ3n) is 4.92. The van der Waals surface area contributed by atoms with E-state index in [0.717, 1.165) is 27.0 Å². The van der Waals surface area contributed by atoms with Gasteiger partial charge in [-0.25, -0.2) is 0 Å². The molecule has 6 heteroatoms. The maximum absolute atomic E-state index is 12.9. The predicted octanol–water partition coefficient (Wildman–Crippen LogP) is 5.62. The van der Waals surface area contributed by atoms with Crippen LogP contribution in [0.1, 0.15) is 48.8 Å². The zero-order valence-electron chi connectivity index (χ0n) is 17.3. The number of aliphatic carboxylic acids is 1. The van der Waals surface area contributed by atoms with E-state index in [1.54, 1.807) is 4.68 Å². The summed E-state index contributed by atoms with van der Waals surface area (Å²) >= 11 is 3.43. The number of halogens is 1. The van der Waals surface area contributed by atoms with Gasteiger partial charge in [0.25, 0.3) is 5.91 Å². The van der Waals surface area contributed by atoms with E-state index in [9.17, 15) is 9.59 Å². The number of amides is 1. The summed E-state index contributed by atoms with van der Waals surface area (Å²) in [6.45, 7) is 6.38. The van der Waals surface area contributed by atoms with Crippen LogP contribution in [0.3, 0.4) is 0 Å². The number of hydrogen-bond donors (Lipinski definition) is 2. The van der Waals surface area contributed by atoms with Crippen molar-refractivity contribution >= 4 is 27.8 Å². The van der Waals surface area contributed by atoms with Crippen LogP contribution in [0.5, 0.6) is 0 Å². The van der Waals surface area contributed by atoms with E-state index >= 15 is 0 Å². The summed E-state index contributed by atoms with van der Waals surface area (Å²) in [6.07, 6.45) is 0.301. The number of nitrogens with zero attached hydrogens (tertiary/aromatic N) is 1. The number of carbonyl (C=O) groups excluding carboxylic acids is 1. The van der Waals surface area contributed by atoms with E-state index in [4.69, 9.17) is 5.11 Å². The van der Waals surface area contributed by atoms with E-state index in [0.29, 0.717) is 12.0 Å². The summed E-state index contributed by atoms with van der Waals surface area (Å²) in [7, 11) is 0. The average molecular weight is 469 g/mol. The quantitative estimate of drug-likeness (QED) is 0.493. The van der Waals surface area contributed by atoms with Crippen molar-refractivity contribution in [3.63, 3.8) is 0 Å². The zero-order valence-corrected chi connectivity index (χ0v) is 18.9. The van der Waals surface area contributed by atoms with Crippen LogP contribution in [-0.4, -0.2) is 21.7 Å². The van der Waals surface area contributed by atoms with Gasteiger partial charge in [-0.3, -0.25) is 19.7 Å². The lowest BCUT2D eigenvalue weighted by molar-refractivity contribution is -0.136. The van der Waals surface area contributed by atoms with Gasteiger partial charge in [0.05, 0.1) is 12.1 Å². The van der Waals surface area contributed by atoms with Crippen molar-refractivity contribution in [3.8, 4) is 11.3 Å². The number of aromatic nitrogens is 1. The Morgan fingerprint density at radius 2 is 1.60 bits per heavy atom. The largest absolute Gasteiger partial charge is 0.481 e. The van der Waals surface area contributed by atoms with Gasteiger partial charge in [0, 0.05) is 27.7 Å². The van der Waals surface area contributed by atoms with Crippen molar-refractivity contribution in [1.29, 1.82) is 0 Å². The third kappa shape index (κ3) is 5.19. The van der Waals surface area contributed by atoms with Crippen molar-refractivity contribution in [2.24, 2.45) is 0 Å². The van der Waals surface area contributed by atoms with Crippen molar-refractivity contribution in [1.82, 2.24) is 4.68 Å². The number of hydrogen-bond acceptors (Lipinski definition) is 2. The number of aryl methyl sites for hydroxylation is 1. The highest BCUT2D eigenvalue weighted by atomic mass is 79.9. The number of carboxylic acids is 1. The SMILES string of the molecule is CC(C)(C)c1ccc(C(=O)Nn2c(CCC(=O)O)ccc2-c2ccc(Br)cc2)cc1. The maximum atomic E-state index is 12.9. The van der Waals surface area contributed by atoms with Gasteiger partial charge in [0.15, 0.2) is 0 Å². The molecule has 1 amide bonds. The second-order valence-electron chi connectivity index (χ2n) is 8.21. The molecule has 0 spiro atoms. The normalized spacial score (nSPS) is 11.3. The summed E-state index contributed by atoms with van der Waals surface area (Å²) in [4.78, 5) is 24.0. The first-order chi connectivity index (χ1) is 14.1. The fourth-order valence-electron chi connectivity index (χ4n) is 3.17. The molecule has 156 valence electrons. The van der Waals surface area contributed by atoms with Gasteiger partial charge in [-0.2, -0.15) is 0 Å². The first-order valence-electron chi connectivity index (χ1n) is 9.75. The summed E-state index contributed by atoms with van der Waals surface area (Å²) < 4.78 is 2.64. The minimum atomic E-state index is -0.878. The van der Waals surface area contributed by atoms with Crippen LogP contribution >= 0.6 is 15.9 Å². The minimum absolute atomic E-state index is 0.00812. The van der Waals surface area contributed by atoms with Crippen molar-refractivity contribution in [3.05, 3.63) is 82.0 Å². The summed E-state index contributed by atoms with van der Waals surface area (Å²) in [6, 6.07) is 19.0. The highest BCUT2D eigenvalue weighted by Gasteiger charge is 2.17. The molecule has 0 saturated heterocycles. The molecule has 0 aliphatic heterocycles. The molecular weight excluding hydrogens is 444 g/mol.